The van der Waals surface area contributed by atoms with Gasteiger partial charge in [-0.3, -0.25) is 10.1 Å². The van der Waals surface area contributed by atoms with Crippen molar-refractivity contribution in [3.8, 4) is 0 Å². The Labute approximate surface area is 103 Å². The van der Waals surface area contributed by atoms with Crippen molar-refractivity contribution in [2.24, 2.45) is 5.73 Å². The van der Waals surface area contributed by atoms with Gasteiger partial charge in [0.1, 0.15) is 6.04 Å². The summed E-state index contributed by atoms with van der Waals surface area (Å²) in [5.74, 6) is 0. The summed E-state index contributed by atoms with van der Waals surface area (Å²) in [5.41, 5.74) is 6.52. The van der Waals surface area contributed by atoms with Gasteiger partial charge in [0.05, 0.1) is 0 Å². The second-order valence-corrected chi connectivity index (χ2v) is 4.77. The van der Waals surface area contributed by atoms with Gasteiger partial charge in [0.2, 0.25) is 0 Å². The Morgan fingerprint density at radius 3 is 2.33 bits per heavy atom. The van der Waals surface area contributed by atoms with Gasteiger partial charge >= 0.3 is 0 Å². The van der Waals surface area contributed by atoms with Gasteiger partial charge in [-0.25, -0.2) is 0 Å². The van der Waals surface area contributed by atoms with Crippen molar-refractivity contribution in [3.05, 3.63) is 46.0 Å². The van der Waals surface area contributed by atoms with E-state index in [0.717, 1.165) is 5.56 Å². The number of nitrogens with two attached hydrogens (primary N) is 1. The SMILES string of the molecule is C[C@](Br)([C@@H](N)c1ccccc1)[N+](=O)[O-].Cl. The minimum absolute atomic E-state index is 0. The van der Waals surface area contributed by atoms with E-state index >= 15 is 0 Å². The van der Waals surface area contributed by atoms with Crippen LogP contribution >= 0.6 is 28.3 Å². The van der Waals surface area contributed by atoms with Crippen molar-refractivity contribution < 1.29 is 4.92 Å². The predicted molar refractivity (Wildman–Crippen MR) is 64.9 cm³/mol. The van der Waals surface area contributed by atoms with Crippen LogP contribution in [0, 0.1) is 10.1 Å². The molecule has 0 aromatic heterocycles. The third-order valence-electron chi connectivity index (χ3n) is 2.08. The molecule has 0 heterocycles. The van der Waals surface area contributed by atoms with E-state index in [4.69, 9.17) is 5.73 Å². The highest BCUT2D eigenvalue weighted by Gasteiger charge is 2.41. The van der Waals surface area contributed by atoms with Gasteiger partial charge in [-0.15, -0.1) is 12.4 Å². The van der Waals surface area contributed by atoms with Crippen LogP contribution < -0.4 is 5.73 Å². The van der Waals surface area contributed by atoms with E-state index in [1.807, 2.05) is 6.07 Å². The minimum atomic E-state index is -1.33. The van der Waals surface area contributed by atoms with E-state index in [9.17, 15) is 10.1 Å². The molecule has 0 amide bonds. The summed E-state index contributed by atoms with van der Waals surface area (Å²) in [6, 6.07) is 8.32. The summed E-state index contributed by atoms with van der Waals surface area (Å²) in [6.45, 7) is 1.45. The van der Waals surface area contributed by atoms with Gasteiger partial charge in [-0.2, -0.15) is 0 Å². The first-order valence-corrected chi connectivity index (χ1v) is 4.89. The molecule has 84 valence electrons. The van der Waals surface area contributed by atoms with Gasteiger partial charge in [-0.1, -0.05) is 30.3 Å². The summed E-state index contributed by atoms with van der Waals surface area (Å²) in [4.78, 5) is 10.3. The summed E-state index contributed by atoms with van der Waals surface area (Å²) >= 11 is 3.02. The van der Waals surface area contributed by atoms with Crippen LogP contribution in [0.1, 0.15) is 18.5 Å². The molecule has 0 bridgehead atoms. The molecule has 0 saturated heterocycles. The molecule has 15 heavy (non-hydrogen) atoms. The maximum atomic E-state index is 10.7. The maximum absolute atomic E-state index is 10.7. The van der Waals surface area contributed by atoms with Crippen LogP contribution in [-0.2, 0) is 0 Å². The number of benzene rings is 1. The Kier molecular flexibility index (Phi) is 5.20. The Hall–Kier alpha value is -0.650. The van der Waals surface area contributed by atoms with E-state index in [-0.39, 0.29) is 12.4 Å². The number of alkyl halides is 1. The van der Waals surface area contributed by atoms with E-state index in [1.54, 1.807) is 24.3 Å². The lowest BCUT2D eigenvalue weighted by Gasteiger charge is -2.21. The normalized spacial score (nSPS) is 15.9. The van der Waals surface area contributed by atoms with Gasteiger partial charge in [0.25, 0.3) is 4.45 Å². The molecule has 6 heteroatoms. The molecule has 0 saturated carbocycles. The fourth-order valence-corrected chi connectivity index (χ4v) is 1.34. The topological polar surface area (TPSA) is 69.2 Å². The van der Waals surface area contributed by atoms with Gasteiger partial charge in [0, 0.05) is 27.8 Å². The van der Waals surface area contributed by atoms with E-state index in [0.29, 0.717) is 0 Å². The van der Waals surface area contributed by atoms with Crippen LogP contribution in [0.3, 0.4) is 0 Å². The molecule has 2 atom stereocenters. The van der Waals surface area contributed by atoms with E-state index < -0.39 is 15.4 Å². The molecule has 1 aromatic rings. The zero-order valence-corrected chi connectivity index (χ0v) is 10.5. The average molecular weight is 296 g/mol. The first-order valence-electron chi connectivity index (χ1n) is 4.10. The van der Waals surface area contributed by atoms with Crippen LogP contribution in [0.25, 0.3) is 0 Å². The quantitative estimate of drug-likeness (QED) is 0.403. The summed E-state index contributed by atoms with van der Waals surface area (Å²) in [7, 11) is 0. The van der Waals surface area contributed by atoms with Crippen molar-refractivity contribution in [2.75, 3.05) is 0 Å². The number of hydrogen-bond donors (Lipinski definition) is 1. The second-order valence-electron chi connectivity index (χ2n) is 3.17. The third kappa shape index (κ3) is 3.15. The predicted octanol–water partition coefficient (Wildman–Crippen LogP) is 2.50. The zero-order chi connectivity index (χ0) is 10.8. The fraction of sp³-hybridized carbons (Fsp3) is 0.333. The zero-order valence-electron chi connectivity index (χ0n) is 8.09. The van der Waals surface area contributed by atoms with E-state index in [1.165, 1.54) is 6.92 Å². The van der Waals surface area contributed by atoms with Crippen LogP contribution in [0.5, 0.6) is 0 Å². The molecule has 0 unspecified atom stereocenters. The molecule has 4 nitrogen and oxygen atoms in total. The highest BCUT2D eigenvalue weighted by molar-refractivity contribution is 9.10. The van der Waals surface area contributed by atoms with E-state index in [2.05, 4.69) is 15.9 Å². The lowest BCUT2D eigenvalue weighted by atomic mass is 10.0. The highest BCUT2D eigenvalue weighted by atomic mass is 79.9. The van der Waals surface area contributed by atoms with Crippen LogP contribution in [0.4, 0.5) is 0 Å². The van der Waals surface area contributed by atoms with Crippen molar-refractivity contribution in [1.82, 2.24) is 0 Å². The van der Waals surface area contributed by atoms with Crippen LogP contribution in [0.15, 0.2) is 30.3 Å². The maximum Gasteiger partial charge on any atom is 0.290 e. The van der Waals surface area contributed by atoms with Crippen molar-refractivity contribution in [2.45, 2.75) is 17.4 Å². The molecule has 0 spiro atoms. The lowest BCUT2D eigenvalue weighted by molar-refractivity contribution is -0.535. The van der Waals surface area contributed by atoms with Gasteiger partial charge in [0.15, 0.2) is 0 Å². The van der Waals surface area contributed by atoms with Gasteiger partial charge < -0.3 is 5.73 Å². The number of rotatable bonds is 3. The molecule has 2 N–H and O–H groups in total. The summed E-state index contributed by atoms with van der Waals surface area (Å²) in [6.07, 6.45) is 0. The molecular formula is C9H12BrClN2O2. The van der Waals surface area contributed by atoms with Crippen LogP contribution in [0.2, 0.25) is 0 Å². The molecule has 1 aromatic carbocycles. The largest absolute Gasteiger partial charge is 0.317 e. The minimum Gasteiger partial charge on any atom is -0.317 e. The third-order valence-corrected chi connectivity index (χ3v) is 2.87. The monoisotopic (exact) mass is 294 g/mol. The average Bonchev–Trinajstić information content (AvgIpc) is 2.17. The Morgan fingerprint density at radius 1 is 1.47 bits per heavy atom. The molecule has 0 aliphatic rings. The standard InChI is InChI=1S/C9H11BrN2O2.ClH/c1-9(10,12(13)14)8(11)7-5-3-2-4-6-7;/h2-6,8H,11H2,1H3;1H/t8-,9+;/m0./s1. The molecule has 1 rings (SSSR count). The smallest absolute Gasteiger partial charge is 0.290 e. The fourth-order valence-electron chi connectivity index (χ4n) is 1.08. The Bertz CT molecular complexity index is 332. The summed E-state index contributed by atoms with van der Waals surface area (Å²) < 4.78 is -1.33. The van der Waals surface area contributed by atoms with Crippen molar-refractivity contribution >= 4 is 28.3 Å². The second kappa shape index (κ2) is 5.44. The highest BCUT2D eigenvalue weighted by Crippen LogP contribution is 2.31. The Morgan fingerprint density at radius 2 is 1.93 bits per heavy atom. The van der Waals surface area contributed by atoms with Gasteiger partial charge in [-0.05, 0) is 5.56 Å². The number of halogens is 2. The number of nitro groups is 1. The first-order chi connectivity index (χ1) is 6.46. The van der Waals surface area contributed by atoms with Crippen molar-refractivity contribution in [3.63, 3.8) is 0 Å². The summed E-state index contributed by atoms with van der Waals surface area (Å²) in [5, 5.41) is 10.7. The molecular weight excluding hydrogens is 283 g/mol. The molecule has 0 fully saturated rings. The number of hydrogen-bond acceptors (Lipinski definition) is 3. The molecule has 0 aliphatic carbocycles. The molecule has 0 aliphatic heterocycles. The van der Waals surface area contributed by atoms with Crippen molar-refractivity contribution in [1.29, 1.82) is 0 Å². The Balaban J connectivity index is 0.00000196. The number of nitrogens with zero attached hydrogens (tertiary/aromatic N) is 1. The molecule has 0 radical (unpaired) electrons. The lowest BCUT2D eigenvalue weighted by Crippen LogP contribution is -2.39. The first kappa shape index (κ1) is 14.3. The van der Waals surface area contributed by atoms with Crippen LogP contribution in [-0.4, -0.2) is 9.37 Å².